The second-order valence-electron chi connectivity index (χ2n) is 6.38. The molecule has 0 unspecified atom stereocenters. The van der Waals surface area contributed by atoms with Crippen LogP contribution in [0.15, 0.2) is 28.6 Å². The van der Waals surface area contributed by atoms with Crippen LogP contribution in [0.5, 0.6) is 0 Å². The molecule has 1 amide bonds. The Morgan fingerprint density at radius 2 is 2.00 bits per heavy atom. The van der Waals surface area contributed by atoms with Crippen molar-refractivity contribution in [1.82, 2.24) is 10.2 Å². The number of carbonyl (C=O) groups excluding carboxylic acids is 1. The van der Waals surface area contributed by atoms with Crippen molar-refractivity contribution in [2.75, 3.05) is 5.32 Å². The van der Waals surface area contributed by atoms with Crippen molar-refractivity contribution in [3.63, 3.8) is 0 Å². The van der Waals surface area contributed by atoms with Gasteiger partial charge < -0.3 is 5.32 Å². The SMILES string of the molecule is Cc1ccc(CSc2nnc(NC(=O)CCC3CCCC3)s2)cc1. The summed E-state index contributed by atoms with van der Waals surface area (Å²) in [6.45, 7) is 2.09. The van der Waals surface area contributed by atoms with E-state index in [1.807, 2.05) is 0 Å². The Kier molecular flexibility index (Phi) is 6.26. The number of anilines is 1. The standard InChI is InChI=1S/C18H23N3OS2/c1-13-6-8-15(9-7-13)12-23-18-21-20-17(24-18)19-16(22)11-10-14-4-2-3-5-14/h6-9,14H,2-5,10-12H2,1H3,(H,19,20,22). The zero-order valence-electron chi connectivity index (χ0n) is 14.0. The Morgan fingerprint density at radius 3 is 2.75 bits per heavy atom. The lowest BCUT2D eigenvalue weighted by atomic mass is 10.0. The summed E-state index contributed by atoms with van der Waals surface area (Å²) < 4.78 is 0.890. The van der Waals surface area contributed by atoms with Crippen LogP contribution in [-0.4, -0.2) is 16.1 Å². The zero-order chi connectivity index (χ0) is 16.8. The van der Waals surface area contributed by atoms with Crippen molar-refractivity contribution in [3.05, 3.63) is 35.4 Å². The van der Waals surface area contributed by atoms with Crippen LogP contribution in [0.2, 0.25) is 0 Å². The van der Waals surface area contributed by atoms with E-state index in [2.05, 4.69) is 46.7 Å². The van der Waals surface area contributed by atoms with Crippen LogP contribution in [0.4, 0.5) is 5.13 Å². The Balaban J connectivity index is 1.42. The fourth-order valence-corrected chi connectivity index (χ4v) is 4.69. The van der Waals surface area contributed by atoms with E-state index in [0.29, 0.717) is 11.6 Å². The van der Waals surface area contributed by atoms with Gasteiger partial charge in [-0.15, -0.1) is 10.2 Å². The molecular weight excluding hydrogens is 338 g/mol. The molecule has 1 aromatic heterocycles. The van der Waals surface area contributed by atoms with Gasteiger partial charge in [0.1, 0.15) is 0 Å². The predicted molar refractivity (Wildman–Crippen MR) is 100 cm³/mol. The number of carbonyl (C=O) groups is 1. The maximum Gasteiger partial charge on any atom is 0.226 e. The van der Waals surface area contributed by atoms with E-state index in [1.165, 1.54) is 48.1 Å². The molecule has 0 saturated heterocycles. The Hall–Kier alpha value is -1.40. The average molecular weight is 362 g/mol. The van der Waals surface area contributed by atoms with Crippen molar-refractivity contribution >= 4 is 34.1 Å². The molecule has 0 bridgehead atoms. The summed E-state index contributed by atoms with van der Waals surface area (Å²) in [5.41, 5.74) is 2.53. The molecule has 1 aromatic carbocycles. The second-order valence-corrected chi connectivity index (χ2v) is 8.58. The molecule has 1 saturated carbocycles. The molecule has 3 rings (SSSR count). The lowest BCUT2D eigenvalue weighted by molar-refractivity contribution is -0.116. The number of hydrogen-bond acceptors (Lipinski definition) is 5. The minimum absolute atomic E-state index is 0.0631. The fraction of sp³-hybridized carbons (Fsp3) is 0.500. The summed E-state index contributed by atoms with van der Waals surface area (Å²) >= 11 is 3.11. The molecule has 0 spiro atoms. The van der Waals surface area contributed by atoms with Crippen molar-refractivity contribution in [2.45, 2.75) is 55.5 Å². The maximum absolute atomic E-state index is 12.0. The third-order valence-corrected chi connectivity index (χ3v) is 6.43. The number of benzene rings is 1. The molecule has 0 atom stereocenters. The minimum Gasteiger partial charge on any atom is -0.301 e. The average Bonchev–Trinajstić information content (AvgIpc) is 3.24. The van der Waals surface area contributed by atoms with Gasteiger partial charge in [-0.3, -0.25) is 4.79 Å². The molecule has 4 nitrogen and oxygen atoms in total. The number of nitrogens with one attached hydrogen (secondary N) is 1. The normalized spacial score (nSPS) is 14.9. The number of aryl methyl sites for hydroxylation is 1. The monoisotopic (exact) mass is 361 g/mol. The van der Waals surface area contributed by atoms with Gasteiger partial charge in [0.2, 0.25) is 11.0 Å². The highest BCUT2D eigenvalue weighted by molar-refractivity contribution is 8.00. The highest BCUT2D eigenvalue weighted by Crippen LogP contribution is 2.30. The first kappa shape index (κ1) is 17.4. The first-order chi connectivity index (χ1) is 11.7. The van der Waals surface area contributed by atoms with Gasteiger partial charge in [-0.1, -0.05) is 78.6 Å². The molecule has 1 aliphatic carbocycles. The minimum atomic E-state index is 0.0631. The van der Waals surface area contributed by atoms with E-state index < -0.39 is 0 Å². The topological polar surface area (TPSA) is 54.9 Å². The van der Waals surface area contributed by atoms with E-state index >= 15 is 0 Å². The van der Waals surface area contributed by atoms with Crippen LogP contribution < -0.4 is 5.32 Å². The molecule has 1 fully saturated rings. The number of aromatic nitrogens is 2. The van der Waals surface area contributed by atoms with Gasteiger partial charge in [-0.2, -0.15) is 0 Å². The van der Waals surface area contributed by atoms with Gasteiger partial charge in [0.15, 0.2) is 4.34 Å². The summed E-state index contributed by atoms with van der Waals surface area (Å²) in [5.74, 6) is 1.67. The van der Waals surface area contributed by atoms with Crippen LogP contribution in [0.1, 0.15) is 49.7 Å². The highest BCUT2D eigenvalue weighted by atomic mass is 32.2. The summed E-state index contributed by atoms with van der Waals surface area (Å²) in [6.07, 6.45) is 6.81. The molecule has 0 radical (unpaired) electrons. The van der Waals surface area contributed by atoms with Crippen LogP contribution in [0.3, 0.4) is 0 Å². The molecule has 6 heteroatoms. The summed E-state index contributed by atoms with van der Waals surface area (Å²) in [4.78, 5) is 12.0. The maximum atomic E-state index is 12.0. The molecule has 1 heterocycles. The van der Waals surface area contributed by atoms with E-state index in [4.69, 9.17) is 0 Å². The van der Waals surface area contributed by atoms with Gasteiger partial charge in [-0.05, 0) is 24.8 Å². The van der Waals surface area contributed by atoms with E-state index in [9.17, 15) is 4.79 Å². The van der Waals surface area contributed by atoms with Gasteiger partial charge in [-0.25, -0.2) is 0 Å². The van der Waals surface area contributed by atoms with Crippen LogP contribution in [-0.2, 0) is 10.5 Å². The number of nitrogens with zero attached hydrogens (tertiary/aromatic N) is 2. The fourth-order valence-electron chi connectivity index (χ4n) is 2.96. The van der Waals surface area contributed by atoms with E-state index in [1.54, 1.807) is 11.8 Å². The third-order valence-electron chi connectivity index (χ3n) is 4.39. The van der Waals surface area contributed by atoms with Crippen molar-refractivity contribution in [2.24, 2.45) is 5.92 Å². The number of hydrogen-bond donors (Lipinski definition) is 1. The van der Waals surface area contributed by atoms with Crippen LogP contribution in [0, 0.1) is 12.8 Å². The Labute approximate surface area is 151 Å². The molecule has 2 aromatic rings. The highest BCUT2D eigenvalue weighted by Gasteiger charge is 2.16. The summed E-state index contributed by atoms with van der Waals surface area (Å²) in [5, 5.41) is 11.7. The summed E-state index contributed by atoms with van der Waals surface area (Å²) in [6, 6.07) is 8.50. The smallest absolute Gasteiger partial charge is 0.226 e. The lowest BCUT2D eigenvalue weighted by Gasteiger charge is -2.07. The molecule has 24 heavy (non-hydrogen) atoms. The predicted octanol–water partition coefficient (Wildman–Crippen LogP) is 5.05. The number of amides is 1. The third kappa shape index (κ3) is 5.31. The van der Waals surface area contributed by atoms with Gasteiger partial charge in [0.25, 0.3) is 0 Å². The van der Waals surface area contributed by atoms with E-state index in [0.717, 1.165) is 22.4 Å². The molecule has 0 aliphatic heterocycles. The van der Waals surface area contributed by atoms with Gasteiger partial charge in [0, 0.05) is 12.2 Å². The van der Waals surface area contributed by atoms with Crippen molar-refractivity contribution in [3.8, 4) is 0 Å². The van der Waals surface area contributed by atoms with Crippen LogP contribution in [0.25, 0.3) is 0 Å². The Morgan fingerprint density at radius 1 is 1.25 bits per heavy atom. The first-order valence-electron chi connectivity index (χ1n) is 8.51. The number of rotatable bonds is 7. The quantitative estimate of drug-likeness (QED) is 0.554. The van der Waals surface area contributed by atoms with E-state index in [-0.39, 0.29) is 5.91 Å². The zero-order valence-corrected chi connectivity index (χ0v) is 15.6. The molecule has 1 N–H and O–H groups in total. The van der Waals surface area contributed by atoms with Gasteiger partial charge in [0.05, 0.1) is 0 Å². The van der Waals surface area contributed by atoms with Crippen molar-refractivity contribution < 1.29 is 4.79 Å². The lowest BCUT2D eigenvalue weighted by Crippen LogP contribution is -2.12. The summed E-state index contributed by atoms with van der Waals surface area (Å²) in [7, 11) is 0. The molecule has 1 aliphatic rings. The second kappa shape index (κ2) is 8.62. The first-order valence-corrected chi connectivity index (χ1v) is 10.3. The van der Waals surface area contributed by atoms with Crippen molar-refractivity contribution in [1.29, 1.82) is 0 Å². The largest absolute Gasteiger partial charge is 0.301 e. The van der Waals surface area contributed by atoms with Crippen LogP contribution >= 0.6 is 23.1 Å². The molecule has 128 valence electrons. The van der Waals surface area contributed by atoms with Gasteiger partial charge >= 0.3 is 0 Å². The Bertz CT molecular complexity index is 663. The molecular formula is C18H23N3OS2. The number of thioether (sulfide) groups is 1.